The second-order valence-electron chi connectivity index (χ2n) is 9.59. The Bertz CT molecular complexity index is 1490. The summed E-state index contributed by atoms with van der Waals surface area (Å²) in [6, 6.07) is 18.8. The molecule has 0 bridgehead atoms. The molecule has 0 spiro atoms. The summed E-state index contributed by atoms with van der Waals surface area (Å²) in [6.07, 6.45) is 1.45. The zero-order valence-corrected chi connectivity index (χ0v) is 20.6. The summed E-state index contributed by atoms with van der Waals surface area (Å²) in [4.78, 5) is 29.8. The molecule has 8 heteroatoms. The van der Waals surface area contributed by atoms with E-state index in [1.165, 1.54) is 16.8 Å². The van der Waals surface area contributed by atoms with E-state index >= 15 is 4.39 Å². The van der Waals surface area contributed by atoms with E-state index in [0.717, 1.165) is 5.56 Å². The van der Waals surface area contributed by atoms with Crippen LogP contribution in [-0.4, -0.2) is 15.5 Å². The van der Waals surface area contributed by atoms with Crippen molar-refractivity contribution in [3.05, 3.63) is 100 Å². The molecule has 36 heavy (non-hydrogen) atoms. The number of rotatable bonds is 5. The maximum Gasteiger partial charge on any atom is 0.293 e. The van der Waals surface area contributed by atoms with Crippen molar-refractivity contribution in [1.29, 1.82) is 0 Å². The number of carbonyl (C=O) groups excluding carboxylic acids is 1. The minimum absolute atomic E-state index is 0.0124. The van der Waals surface area contributed by atoms with E-state index < -0.39 is 11.7 Å². The molecule has 0 aliphatic carbocycles. The Balaban J connectivity index is 1.63. The van der Waals surface area contributed by atoms with Crippen LogP contribution in [-0.2, 0) is 12.5 Å². The number of anilines is 4. The lowest BCUT2D eigenvalue weighted by atomic mass is 9.87. The van der Waals surface area contributed by atoms with E-state index in [1.807, 2.05) is 12.1 Å². The molecule has 0 radical (unpaired) electrons. The average molecular weight is 486 g/mol. The molecule has 0 unspecified atom stereocenters. The molecule has 4 aromatic rings. The van der Waals surface area contributed by atoms with Crippen molar-refractivity contribution in [1.82, 2.24) is 9.55 Å². The van der Waals surface area contributed by atoms with Crippen LogP contribution in [0.1, 0.15) is 36.7 Å². The minimum atomic E-state index is -0.654. The number of halogens is 1. The van der Waals surface area contributed by atoms with Gasteiger partial charge in [0.25, 0.3) is 11.5 Å². The van der Waals surface area contributed by atoms with Crippen LogP contribution < -0.4 is 21.9 Å². The number of nitrogens with zero attached hydrogens (tertiary/aromatic N) is 2. The predicted molar refractivity (Wildman–Crippen MR) is 142 cm³/mol. The van der Waals surface area contributed by atoms with E-state index in [0.29, 0.717) is 16.9 Å². The molecular weight excluding hydrogens is 457 g/mol. The SMILES string of the molecule is Cn1cc(-c2cccc(NC(=O)c3ccc(C(C)(C)C)cc3)c2F)nc(Nc2cccc(N)c2)c1=O. The number of hydrogen-bond donors (Lipinski definition) is 3. The first-order valence-corrected chi connectivity index (χ1v) is 11.4. The summed E-state index contributed by atoms with van der Waals surface area (Å²) < 4.78 is 16.8. The van der Waals surface area contributed by atoms with Gasteiger partial charge in [-0.3, -0.25) is 9.59 Å². The highest BCUT2D eigenvalue weighted by Crippen LogP contribution is 2.28. The zero-order chi connectivity index (χ0) is 26.0. The molecule has 1 amide bonds. The summed E-state index contributed by atoms with van der Waals surface area (Å²) in [5, 5.41) is 5.59. The van der Waals surface area contributed by atoms with Crippen molar-refractivity contribution in [2.75, 3.05) is 16.4 Å². The fourth-order valence-electron chi connectivity index (χ4n) is 3.71. The van der Waals surface area contributed by atoms with Crippen molar-refractivity contribution in [2.45, 2.75) is 26.2 Å². The van der Waals surface area contributed by atoms with Crippen molar-refractivity contribution >= 4 is 28.8 Å². The van der Waals surface area contributed by atoms with Crippen LogP contribution in [0.2, 0.25) is 0 Å². The highest BCUT2D eigenvalue weighted by Gasteiger charge is 2.18. The molecule has 0 aliphatic rings. The first kappa shape index (κ1) is 24.7. The van der Waals surface area contributed by atoms with Gasteiger partial charge >= 0.3 is 0 Å². The molecule has 0 saturated carbocycles. The maximum absolute atomic E-state index is 15.5. The third-order valence-corrected chi connectivity index (χ3v) is 5.76. The lowest BCUT2D eigenvalue weighted by Crippen LogP contribution is -2.21. The van der Waals surface area contributed by atoms with Gasteiger partial charge in [-0.1, -0.05) is 45.0 Å². The topological polar surface area (TPSA) is 102 Å². The van der Waals surface area contributed by atoms with Gasteiger partial charge in [0.15, 0.2) is 11.6 Å². The molecule has 184 valence electrons. The number of carbonyl (C=O) groups is 1. The Morgan fingerprint density at radius 2 is 1.72 bits per heavy atom. The lowest BCUT2D eigenvalue weighted by Gasteiger charge is -2.19. The van der Waals surface area contributed by atoms with E-state index in [-0.39, 0.29) is 33.7 Å². The van der Waals surface area contributed by atoms with Crippen LogP contribution >= 0.6 is 0 Å². The number of aryl methyl sites for hydroxylation is 1. The first-order valence-electron chi connectivity index (χ1n) is 11.4. The van der Waals surface area contributed by atoms with Gasteiger partial charge in [0.1, 0.15) is 0 Å². The van der Waals surface area contributed by atoms with Gasteiger partial charge < -0.3 is 20.9 Å². The second kappa shape index (κ2) is 9.65. The summed E-state index contributed by atoms with van der Waals surface area (Å²) >= 11 is 0. The number of hydrogen-bond acceptors (Lipinski definition) is 5. The number of benzene rings is 3. The molecule has 0 fully saturated rings. The average Bonchev–Trinajstić information content (AvgIpc) is 2.83. The van der Waals surface area contributed by atoms with Gasteiger partial charge in [-0.25, -0.2) is 9.37 Å². The molecule has 0 atom stereocenters. The highest BCUT2D eigenvalue weighted by molar-refractivity contribution is 6.04. The van der Waals surface area contributed by atoms with E-state index in [2.05, 4.69) is 36.4 Å². The number of nitrogens with two attached hydrogens (primary N) is 1. The highest BCUT2D eigenvalue weighted by atomic mass is 19.1. The number of nitrogen functional groups attached to an aromatic ring is 1. The fraction of sp³-hybridized carbons (Fsp3) is 0.179. The Morgan fingerprint density at radius 1 is 1.03 bits per heavy atom. The van der Waals surface area contributed by atoms with Crippen molar-refractivity contribution < 1.29 is 9.18 Å². The van der Waals surface area contributed by atoms with Crippen LogP contribution in [0.25, 0.3) is 11.3 Å². The minimum Gasteiger partial charge on any atom is -0.399 e. The number of aromatic nitrogens is 2. The van der Waals surface area contributed by atoms with Gasteiger partial charge in [-0.05, 0) is 53.4 Å². The van der Waals surface area contributed by atoms with E-state index in [9.17, 15) is 9.59 Å². The summed E-state index contributed by atoms with van der Waals surface area (Å²) in [5.74, 6) is -1.06. The van der Waals surface area contributed by atoms with Gasteiger partial charge in [-0.2, -0.15) is 0 Å². The van der Waals surface area contributed by atoms with Crippen molar-refractivity contribution in [2.24, 2.45) is 7.05 Å². The maximum atomic E-state index is 15.5. The Labute approximate surface area is 208 Å². The van der Waals surface area contributed by atoms with Crippen LogP contribution in [0.15, 0.2) is 77.7 Å². The van der Waals surface area contributed by atoms with Gasteiger partial charge in [-0.15, -0.1) is 0 Å². The molecule has 3 aromatic carbocycles. The van der Waals surface area contributed by atoms with Crippen LogP contribution in [0.3, 0.4) is 0 Å². The molecule has 1 heterocycles. The molecular formula is C28H28FN5O2. The monoisotopic (exact) mass is 485 g/mol. The van der Waals surface area contributed by atoms with Crippen LogP contribution in [0.5, 0.6) is 0 Å². The molecule has 0 saturated heterocycles. The fourth-order valence-corrected chi connectivity index (χ4v) is 3.71. The Morgan fingerprint density at radius 3 is 2.39 bits per heavy atom. The standard InChI is InChI=1S/C28H28FN5O2/c1-28(2,3)18-13-11-17(12-14-18)26(35)33-22-10-6-9-21(24(22)29)23-16-34(4)27(36)25(32-23)31-20-8-5-7-19(30)15-20/h5-16H,30H2,1-4H3,(H,31,32)(H,33,35). The van der Waals surface area contributed by atoms with Crippen molar-refractivity contribution in [3.63, 3.8) is 0 Å². The number of amides is 1. The van der Waals surface area contributed by atoms with E-state index in [4.69, 9.17) is 5.73 Å². The third kappa shape index (κ3) is 5.27. The molecule has 4 rings (SSSR count). The molecule has 0 aliphatic heterocycles. The smallest absolute Gasteiger partial charge is 0.293 e. The van der Waals surface area contributed by atoms with Gasteiger partial charge in [0.05, 0.1) is 11.4 Å². The summed E-state index contributed by atoms with van der Waals surface area (Å²) in [7, 11) is 1.56. The number of nitrogens with one attached hydrogen (secondary N) is 2. The Hall–Kier alpha value is -4.46. The first-order chi connectivity index (χ1) is 17.0. The largest absolute Gasteiger partial charge is 0.399 e. The van der Waals surface area contributed by atoms with Crippen molar-refractivity contribution in [3.8, 4) is 11.3 Å². The molecule has 1 aromatic heterocycles. The Kier molecular flexibility index (Phi) is 6.61. The van der Waals surface area contributed by atoms with E-state index in [1.54, 1.807) is 55.6 Å². The van der Waals surface area contributed by atoms with Gasteiger partial charge in [0, 0.05) is 35.7 Å². The van der Waals surface area contributed by atoms with Gasteiger partial charge in [0.2, 0.25) is 0 Å². The summed E-state index contributed by atoms with van der Waals surface area (Å²) in [6.45, 7) is 6.27. The van der Waals surface area contributed by atoms with Crippen LogP contribution in [0.4, 0.5) is 27.3 Å². The normalized spacial score (nSPS) is 11.2. The third-order valence-electron chi connectivity index (χ3n) is 5.76. The zero-order valence-electron chi connectivity index (χ0n) is 20.6. The second-order valence-corrected chi connectivity index (χ2v) is 9.59. The van der Waals surface area contributed by atoms with Crippen LogP contribution in [0, 0.1) is 5.82 Å². The lowest BCUT2D eigenvalue weighted by molar-refractivity contribution is 0.102. The molecule has 4 N–H and O–H groups in total. The quantitative estimate of drug-likeness (QED) is 0.326. The predicted octanol–water partition coefficient (Wildman–Crippen LogP) is 5.46. The molecule has 7 nitrogen and oxygen atoms in total. The summed E-state index contributed by atoms with van der Waals surface area (Å²) in [5.41, 5.74) is 8.39.